The number of nitrogens with one attached hydrogen (secondary N) is 3. The van der Waals surface area contributed by atoms with Crippen LogP contribution in [0.3, 0.4) is 0 Å². The second-order valence-electron chi connectivity index (χ2n) is 11.3. The summed E-state index contributed by atoms with van der Waals surface area (Å²) in [6.07, 6.45) is 7.46. The maximum atomic E-state index is 14.6. The number of sulfonamides is 1. The molecule has 10 heteroatoms. The minimum atomic E-state index is -3.41. The lowest BCUT2D eigenvalue weighted by Crippen LogP contribution is -2.21. The van der Waals surface area contributed by atoms with E-state index in [9.17, 15) is 12.8 Å². The van der Waals surface area contributed by atoms with Gasteiger partial charge in [0.1, 0.15) is 11.5 Å². The smallest absolute Gasteiger partial charge is 0.209 e. The highest BCUT2D eigenvalue weighted by Crippen LogP contribution is 2.36. The van der Waals surface area contributed by atoms with Gasteiger partial charge in [-0.1, -0.05) is 18.2 Å². The molecule has 1 saturated heterocycles. The molecule has 7 rings (SSSR count). The Morgan fingerprint density at radius 3 is 2.56 bits per heavy atom. The van der Waals surface area contributed by atoms with Gasteiger partial charge in [-0.25, -0.2) is 17.5 Å². The molecule has 8 nitrogen and oxygen atoms in total. The molecule has 0 aliphatic carbocycles. The highest BCUT2D eigenvalue weighted by atomic mass is 32.2. The van der Waals surface area contributed by atoms with Crippen molar-refractivity contribution in [2.24, 2.45) is 0 Å². The third-order valence-electron chi connectivity index (χ3n) is 8.02. The van der Waals surface area contributed by atoms with Crippen molar-refractivity contribution in [2.75, 3.05) is 19.3 Å². The number of H-pyrrole nitrogens is 2. The molecule has 3 aromatic heterocycles. The van der Waals surface area contributed by atoms with Gasteiger partial charge in [-0.15, -0.1) is 0 Å². The van der Waals surface area contributed by atoms with Gasteiger partial charge in [0, 0.05) is 47.3 Å². The Morgan fingerprint density at radius 1 is 0.884 bits per heavy atom. The second-order valence-corrected chi connectivity index (χ2v) is 13.1. The van der Waals surface area contributed by atoms with E-state index >= 15 is 0 Å². The Bertz CT molecular complexity index is 2080. The van der Waals surface area contributed by atoms with Crippen molar-refractivity contribution < 1.29 is 12.8 Å². The molecule has 1 fully saturated rings. The van der Waals surface area contributed by atoms with Gasteiger partial charge in [0.05, 0.1) is 17.5 Å². The third-order valence-corrected chi connectivity index (χ3v) is 8.69. The van der Waals surface area contributed by atoms with Gasteiger partial charge in [0.15, 0.2) is 0 Å². The number of aromatic amines is 2. The van der Waals surface area contributed by atoms with E-state index in [-0.39, 0.29) is 6.54 Å². The number of hydrogen-bond acceptors (Lipinski definition) is 5. The van der Waals surface area contributed by atoms with Gasteiger partial charge >= 0.3 is 0 Å². The van der Waals surface area contributed by atoms with E-state index < -0.39 is 15.8 Å². The van der Waals surface area contributed by atoms with E-state index in [1.807, 2.05) is 48.8 Å². The van der Waals surface area contributed by atoms with Crippen LogP contribution in [-0.2, 0) is 23.1 Å². The van der Waals surface area contributed by atoms with Crippen LogP contribution in [0.4, 0.5) is 4.39 Å². The Morgan fingerprint density at radius 2 is 1.72 bits per heavy atom. The monoisotopic (exact) mass is 594 g/mol. The maximum Gasteiger partial charge on any atom is 0.209 e. The molecule has 0 atom stereocenters. The summed E-state index contributed by atoms with van der Waals surface area (Å²) in [6.45, 7) is 3.21. The predicted octanol–water partition coefficient (Wildman–Crippen LogP) is 6.22. The van der Waals surface area contributed by atoms with Crippen LogP contribution < -0.4 is 4.72 Å². The molecule has 43 heavy (non-hydrogen) atoms. The van der Waals surface area contributed by atoms with Crippen LogP contribution in [0.5, 0.6) is 0 Å². The van der Waals surface area contributed by atoms with Crippen LogP contribution in [0.2, 0.25) is 0 Å². The first-order valence-electron chi connectivity index (χ1n) is 14.3. The molecular formula is C33H31FN6O2S. The van der Waals surface area contributed by atoms with Crippen molar-refractivity contribution >= 4 is 31.8 Å². The zero-order valence-electron chi connectivity index (χ0n) is 23.7. The fourth-order valence-corrected chi connectivity index (χ4v) is 6.42. The number of likely N-dealkylation sites (tertiary alicyclic amines) is 1. The summed E-state index contributed by atoms with van der Waals surface area (Å²) in [5.41, 5.74) is 8.82. The summed E-state index contributed by atoms with van der Waals surface area (Å²) in [5.74, 6) is -0.430. The molecule has 218 valence electrons. The number of pyridine rings is 1. The zero-order chi connectivity index (χ0) is 29.6. The minimum Gasteiger partial charge on any atom is -0.353 e. The van der Waals surface area contributed by atoms with Crippen molar-refractivity contribution in [1.29, 1.82) is 0 Å². The number of fused-ring (bicyclic) bond motifs is 2. The van der Waals surface area contributed by atoms with Crippen molar-refractivity contribution in [2.45, 2.75) is 25.9 Å². The molecule has 3 aromatic carbocycles. The number of nitrogens with zero attached hydrogens (tertiary/aromatic N) is 3. The number of aromatic nitrogens is 4. The van der Waals surface area contributed by atoms with E-state index in [0.717, 1.165) is 75.8 Å². The maximum absolute atomic E-state index is 14.6. The van der Waals surface area contributed by atoms with Gasteiger partial charge in [-0.2, -0.15) is 5.10 Å². The molecule has 6 aromatic rings. The van der Waals surface area contributed by atoms with Crippen LogP contribution in [-0.4, -0.2) is 52.8 Å². The highest BCUT2D eigenvalue weighted by molar-refractivity contribution is 7.88. The topological polar surface area (TPSA) is 107 Å². The van der Waals surface area contributed by atoms with Gasteiger partial charge in [0.2, 0.25) is 10.0 Å². The molecule has 0 unspecified atom stereocenters. The largest absolute Gasteiger partial charge is 0.353 e. The van der Waals surface area contributed by atoms with Crippen molar-refractivity contribution in [1.82, 2.24) is 29.8 Å². The van der Waals surface area contributed by atoms with E-state index in [1.165, 1.54) is 30.5 Å². The number of hydrogen-bond donors (Lipinski definition) is 3. The molecule has 0 spiro atoms. The first-order valence-corrected chi connectivity index (χ1v) is 16.2. The Balaban J connectivity index is 1.24. The van der Waals surface area contributed by atoms with E-state index in [4.69, 9.17) is 0 Å². The van der Waals surface area contributed by atoms with Gasteiger partial charge in [-0.05, 0) is 102 Å². The Labute approximate surface area is 249 Å². The standard InChI is InChI=1S/C33H31FN6O2S/c1-43(41,42)36-18-21-11-24(14-26(34)13-21)27-5-4-6-30-28(27)16-32(37-30)33-29-15-23(7-8-31(29)38-39-33)25-12-22(17-35-19-25)20-40-9-2-3-10-40/h4-8,11-17,19,36-37H,2-3,9-10,18,20H2,1H3,(H,38,39). The average Bonchev–Trinajstić information content (AvgIpc) is 3.75. The Hall–Kier alpha value is -4.38. The number of halogens is 1. The second kappa shape index (κ2) is 11.0. The summed E-state index contributed by atoms with van der Waals surface area (Å²) in [5, 5.41) is 9.71. The van der Waals surface area contributed by atoms with Crippen LogP contribution >= 0.6 is 0 Å². The fraction of sp³-hybridized carbons (Fsp3) is 0.212. The molecule has 1 aliphatic heterocycles. The fourth-order valence-electron chi connectivity index (χ4n) is 5.99. The first-order chi connectivity index (χ1) is 20.8. The first kappa shape index (κ1) is 27.5. The summed E-state index contributed by atoms with van der Waals surface area (Å²) in [4.78, 5) is 10.5. The number of rotatable bonds is 8. The highest BCUT2D eigenvalue weighted by Gasteiger charge is 2.16. The molecule has 4 heterocycles. The van der Waals surface area contributed by atoms with Crippen molar-refractivity contribution in [3.05, 3.63) is 96.1 Å². The summed E-state index contributed by atoms with van der Waals surface area (Å²) < 4.78 is 40.2. The minimum absolute atomic E-state index is 0.0102. The van der Waals surface area contributed by atoms with E-state index in [1.54, 1.807) is 0 Å². The molecule has 1 aliphatic rings. The van der Waals surface area contributed by atoms with Crippen LogP contribution in [0, 0.1) is 5.82 Å². The number of benzene rings is 3. The van der Waals surface area contributed by atoms with Gasteiger partial charge in [-0.3, -0.25) is 15.0 Å². The van der Waals surface area contributed by atoms with Crippen LogP contribution in [0.15, 0.2) is 79.1 Å². The van der Waals surface area contributed by atoms with Crippen molar-refractivity contribution in [3.63, 3.8) is 0 Å². The lowest BCUT2D eigenvalue weighted by atomic mass is 9.99. The molecule has 0 radical (unpaired) electrons. The lowest BCUT2D eigenvalue weighted by Gasteiger charge is -2.14. The van der Waals surface area contributed by atoms with Gasteiger partial charge in [0.25, 0.3) is 0 Å². The Kier molecular flexibility index (Phi) is 7.04. The molecule has 0 bridgehead atoms. The van der Waals surface area contributed by atoms with Gasteiger partial charge < -0.3 is 4.98 Å². The van der Waals surface area contributed by atoms with Crippen LogP contribution in [0.25, 0.3) is 55.4 Å². The molecule has 0 saturated carbocycles. The SMILES string of the molecule is CS(=O)(=O)NCc1cc(F)cc(-c2cccc3[nH]c(-c4n[nH]c5ccc(-c6cncc(CN7CCCC7)c6)cc45)cc23)c1. The third kappa shape index (κ3) is 5.81. The quantitative estimate of drug-likeness (QED) is 0.194. The zero-order valence-corrected chi connectivity index (χ0v) is 24.5. The normalized spacial score (nSPS) is 14.3. The summed E-state index contributed by atoms with van der Waals surface area (Å²) in [7, 11) is -3.41. The molecular weight excluding hydrogens is 563 g/mol. The molecule has 3 N–H and O–H groups in total. The molecule has 0 amide bonds. The summed E-state index contributed by atoms with van der Waals surface area (Å²) in [6, 6.07) is 21.0. The predicted molar refractivity (Wildman–Crippen MR) is 168 cm³/mol. The average molecular weight is 595 g/mol. The van der Waals surface area contributed by atoms with Crippen LogP contribution in [0.1, 0.15) is 24.0 Å². The van der Waals surface area contributed by atoms with E-state index in [2.05, 4.69) is 48.0 Å². The van der Waals surface area contributed by atoms with E-state index in [0.29, 0.717) is 11.1 Å². The lowest BCUT2D eigenvalue weighted by molar-refractivity contribution is 0.331. The van der Waals surface area contributed by atoms with Crippen molar-refractivity contribution in [3.8, 4) is 33.6 Å². The summed E-state index contributed by atoms with van der Waals surface area (Å²) >= 11 is 0.